The van der Waals surface area contributed by atoms with E-state index in [1.807, 2.05) is 0 Å². The molecule has 3 rings (SSSR count). The summed E-state index contributed by atoms with van der Waals surface area (Å²) in [7, 11) is -3.93. The zero-order valence-corrected chi connectivity index (χ0v) is 19.7. The van der Waals surface area contributed by atoms with Gasteiger partial charge in [-0.1, -0.05) is 18.7 Å². The van der Waals surface area contributed by atoms with Crippen LogP contribution in [0.4, 0.5) is 0 Å². The molecule has 11 nitrogen and oxygen atoms in total. The van der Waals surface area contributed by atoms with Gasteiger partial charge in [-0.25, -0.2) is 18.4 Å². The Morgan fingerprint density at radius 3 is 2.62 bits per heavy atom. The number of aromatic nitrogens is 2. The molecule has 1 aliphatic rings. The van der Waals surface area contributed by atoms with Gasteiger partial charge in [-0.2, -0.15) is 4.72 Å². The largest absolute Gasteiger partial charge is 0.352 e. The summed E-state index contributed by atoms with van der Waals surface area (Å²) in [6.45, 7) is 6.06. The highest BCUT2D eigenvalue weighted by Crippen LogP contribution is 2.21. The molecular formula is C22H34N6O5S. The minimum atomic E-state index is -3.93. The fourth-order valence-corrected chi connectivity index (χ4v) is 4.61. The number of likely N-dealkylation sites (tertiary alicyclic amines) is 1. The van der Waals surface area contributed by atoms with Gasteiger partial charge < -0.3 is 10.2 Å². The Labute approximate surface area is 203 Å². The zero-order chi connectivity index (χ0) is 24.6. The molecule has 0 unspecified atom stereocenters. The SMILES string of the molecule is C=C(C)NOCCNC(=O)CN1CCC[C@H](NS(=O)(=O)c2ccc(-c3cncnc3)cc2)C1=O.[HH].[HH].[HH]. The van der Waals surface area contributed by atoms with Crippen LogP contribution < -0.4 is 15.5 Å². The number of hydrogen-bond donors (Lipinski definition) is 3. The van der Waals surface area contributed by atoms with Gasteiger partial charge in [-0.15, -0.1) is 0 Å². The number of sulfonamides is 1. The standard InChI is InChI=1S/C22H28N6O5S.3H2/c1-16(2)26-33-11-9-25-21(29)14-28-10-3-4-20(22(28)30)27-34(31,32)19-7-5-17(6-8-19)18-12-23-15-24-13-18;;;/h5-8,12-13,15,20,26-27H,1,3-4,9-11,14H2,2H3,(H,25,29);3*1H/t20-;;;/m0.../s1. The predicted molar refractivity (Wildman–Crippen MR) is 131 cm³/mol. The van der Waals surface area contributed by atoms with Crippen LogP contribution in [-0.2, 0) is 24.4 Å². The van der Waals surface area contributed by atoms with Crippen LogP contribution in [0.5, 0.6) is 0 Å². The Bertz CT molecular complexity index is 1120. The molecule has 1 saturated heterocycles. The Morgan fingerprint density at radius 2 is 1.94 bits per heavy atom. The first-order valence-corrected chi connectivity index (χ1v) is 12.2. The van der Waals surface area contributed by atoms with Gasteiger partial charge in [-0.05, 0) is 37.5 Å². The van der Waals surface area contributed by atoms with Crippen molar-refractivity contribution in [2.75, 3.05) is 26.2 Å². The number of nitrogens with zero attached hydrogens (tertiary/aromatic N) is 3. The van der Waals surface area contributed by atoms with E-state index in [2.05, 4.69) is 32.1 Å². The first-order chi connectivity index (χ1) is 16.3. The van der Waals surface area contributed by atoms with Crippen LogP contribution in [-0.4, -0.2) is 67.4 Å². The molecule has 34 heavy (non-hydrogen) atoms. The fraction of sp³-hybridized carbons (Fsp3) is 0.364. The number of carbonyl (C=O) groups excluding carboxylic acids is 2. The molecule has 0 radical (unpaired) electrons. The van der Waals surface area contributed by atoms with Crippen molar-refractivity contribution in [3.05, 3.63) is 55.3 Å². The molecule has 2 amide bonds. The van der Waals surface area contributed by atoms with Gasteiger partial charge in [0.25, 0.3) is 0 Å². The number of carbonyl (C=O) groups is 2. The van der Waals surface area contributed by atoms with Crippen LogP contribution in [0, 0.1) is 0 Å². The van der Waals surface area contributed by atoms with Crippen molar-refractivity contribution in [3.8, 4) is 11.1 Å². The third-order valence-corrected chi connectivity index (χ3v) is 6.48. The van der Waals surface area contributed by atoms with Gasteiger partial charge >= 0.3 is 0 Å². The van der Waals surface area contributed by atoms with Gasteiger partial charge in [0.15, 0.2) is 0 Å². The number of hydroxylamine groups is 1. The van der Waals surface area contributed by atoms with E-state index >= 15 is 0 Å². The van der Waals surface area contributed by atoms with E-state index < -0.39 is 22.0 Å². The topological polar surface area (TPSA) is 143 Å². The van der Waals surface area contributed by atoms with Crippen LogP contribution >= 0.6 is 0 Å². The van der Waals surface area contributed by atoms with E-state index in [-0.39, 0.29) is 34.8 Å². The zero-order valence-electron chi connectivity index (χ0n) is 18.9. The van der Waals surface area contributed by atoms with Crippen LogP contribution in [0.1, 0.15) is 24.0 Å². The molecule has 2 aromatic rings. The van der Waals surface area contributed by atoms with Gasteiger partial charge in [0.1, 0.15) is 12.4 Å². The lowest BCUT2D eigenvalue weighted by atomic mass is 10.1. The summed E-state index contributed by atoms with van der Waals surface area (Å²) in [4.78, 5) is 39.4. The normalized spacial score (nSPS) is 16.2. The summed E-state index contributed by atoms with van der Waals surface area (Å²) in [5.41, 5.74) is 4.75. The number of allylic oxidation sites excluding steroid dienone is 1. The number of piperidine rings is 1. The van der Waals surface area contributed by atoms with Gasteiger partial charge in [-0.3, -0.25) is 19.9 Å². The van der Waals surface area contributed by atoms with Crippen LogP contribution in [0.2, 0.25) is 0 Å². The molecule has 1 aliphatic heterocycles. The average Bonchev–Trinajstić information content (AvgIpc) is 2.82. The van der Waals surface area contributed by atoms with Crippen molar-refractivity contribution in [2.24, 2.45) is 0 Å². The highest BCUT2D eigenvalue weighted by Gasteiger charge is 2.33. The van der Waals surface area contributed by atoms with Crippen LogP contribution in [0.15, 0.2) is 60.2 Å². The lowest BCUT2D eigenvalue weighted by molar-refractivity contribution is -0.139. The molecular weight excluding hydrogens is 460 g/mol. The van der Waals surface area contributed by atoms with Crippen molar-refractivity contribution >= 4 is 21.8 Å². The Kier molecular flexibility index (Phi) is 8.68. The second kappa shape index (κ2) is 11.7. The fourth-order valence-electron chi connectivity index (χ4n) is 3.38. The number of amides is 2. The molecule has 12 heteroatoms. The third kappa shape index (κ3) is 7.07. The maximum Gasteiger partial charge on any atom is 0.241 e. The third-order valence-electron chi connectivity index (χ3n) is 4.99. The van der Waals surface area contributed by atoms with Crippen molar-refractivity contribution in [2.45, 2.75) is 30.7 Å². The lowest BCUT2D eigenvalue weighted by Crippen LogP contribution is -2.54. The smallest absolute Gasteiger partial charge is 0.241 e. The molecule has 0 saturated carbocycles. The van der Waals surface area contributed by atoms with Crippen LogP contribution in [0.25, 0.3) is 11.1 Å². The summed E-state index contributed by atoms with van der Waals surface area (Å²) < 4.78 is 28.2. The average molecular weight is 495 g/mol. The second-order valence-electron chi connectivity index (χ2n) is 7.81. The van der Waals surface area contributed by atoms with E-state index in [1.54, 1.807) is 31.5 Å². The molecule has 1 atom stereocenters. The summed E-state index contributed by atoms with van der Waals surface area (Å²) in [5.74, 6) is -0.778. The summed E-state index contributed by atoms with van der Waals surface area (Å²) in [6, 6.07) is 5.31. The minimum absolute atomic E-state index is 0. The van der Waals surface area contributed by atoms with Gasteiger partial charge in [0.05, 0.1) is 18.0 Å². The molecule has 1 fully saturated rings. The highest BCUT2D eigenvalue weighted by atomic mass is 32.2. The molecule has 0 bridgehead atoms. The van der Waals surface area contributed by atoms with Crippen LogP contribution in [0.3, 0.4) is 0 Å². The van der Waals surface area contributed by atoms with E-state index in [0.29, 0.717) is 25.1 Å². The number of benzene rings is 1. The lowest BCUT2D eigenvalue weighted by Gasteiger charge is -2.32. The number of rotatable bonds is 11. The Hall–Kier alpha value is -3.35. The predicted octanol–water partition coefficient (Wildman–Crippen LogP) is 1.32. The first kappa shape index (κ1) is 25.3. The van der Waals surface area contributed by atoms with E-state index in [9.17, 15) is 18.0 Å². The first-order valence-electron chi connectivity index (χ1n) is 10.7. The highest BCUT2D eigenvalue weighted by molar-refractivity contribution is 7.89. The molecule has 188 valence electrons. The maximum absolute atomic E-state index is 12.9. The quantitative estimate of drug-likeness (QED) is 0.314. The molecule has 0 spiro atoms. The van der Waals surface area contributed by atoms with E-state index in [4.69, 9.17) is 4.84 Å². The Morgan fingerprint density at radius 1 is 1.24 bits per heavy atom. The summed E-state index contributed by atoms with van der Waals surface area (Å²) >= 11 is 0. The molecule has 0 aliphatic carbocycles. The Balaban J connectivity index is 0.00000432. The molecule has 2 heterocycles. The maximum atomic E-state index is 12.9. The summed E-state index contributed by atoms with van der Waals surface area (Å²) in [5, 5.41) is 2.66. The van der Waals surface area contributed by atoms with E-state index in [1.165, 1.54) is 23.4 Å². The monoisotopic (exact) mass is 494 g/mol. The van der Waals surface area contributed by atoms with E-state index in [0.717, 1.165) is 11.1 Å². The van der Waals surface area contributed by atoms with Crippen molar-refractivity contribution in [1.82, 2.24) is 30.4 Å². The van der Waals surface area contributed by atoms with Gasteiger partial charge in [0.2, 0.25) is 21.8 Å². The molecule has 3 N–H and O–H groups in total. The van der Waals surface area contributed by atoms with Crippen molar-refractivity contribution < 1.29 is 27.1 Å². The van der Waals surface area contributed by atoms with Gasteiger partial charge in [0, 0.05) is 41.0 Å². The van der Waals surface area contributed by atoms with Crippen molar-refractivity contribution in [1.29, 1.82) is 0 Å². The van der Waals surface area contributed by atoms with Crippen molar-refractivity contribution in [3.63, 3.8) is 0 Å². The second-order valence-corrected chi connectivity index (χ2v) is 9.52. The number of nitrogens with one attached hydrogen (secondary N) is 3. The number of hydrogen-bond acceptors (Lipinski definition) is 8. The summed E-state index contributed by atoms with van der Waals surface area (Å²) in [6.07, 6.45) is 5.61. The minimum Gasteiger partial charge on any atom is -0.352 e. The molecule has 1 aromatic carbocycles. The molecule has 1 aromatic heterocycles.